The van der Waals surface area contributed by atoms with Crippen molar-refractivity contribution < 1.29 is 19.1 Å². The van der Waals surface area contributed by atoms with Crippen LogP contribution in [-0.2, 0) is 9.47 Å². The highest BCUT2D eigenvalue weighted by atomic mass is 16.5. The largest absolute Gasteiger partial charge is 0.381 e. The summed E-state index contributed by atoms with van der Waals surface area (Å²) in [5, 5.41) is 7.85. The minimum absolute atomic E-state index is 0.118. The monoisotopic (exact) mass is 1060 g/mol. The number of ether oxygens (including phenoxy) is 2. The average molecular weight is 1060 g/mol. The first-order valence-corrected chi connectivity index (χ1v) is 27.7. The number of carbonyl (C=O) groups excluding carboxylic acids is 2. The highest BCUT2D eigenvalue weighted by Gasteiger charge is 2.23. The number of Topliss-reactive ketones (excluding diaryl/α,β-unsaturated/α-hetero) is 2. The standard InChI is InChI=1S/C66H73N7O6/c1-47-23-19-25-56(43-47)71-50(4)58(49(3)70-54-31-29-52(67-6)30-32-54)45-60(65(71)76)63(74)27-21-41-78-39-17-15-13-11-9-8-10-12-14-16-18-40-79-42-22-28-64(75)61-46-59(51(5)72(66(61)77)57-26-20-24-48(2)44-57)62-37-38-69-73(62)55-35-33-53(68-7)34-36-55/h19-20,23-26,29-38,43-46,70H,3,8-18,21-22,27-28,39-42H2,1-2,4-5H3. The quantitative estimate of drug-likeness (QED) is 0.0258. The van der Waals surface area contributed by atoms with Crippen LogP contribution >= 0.6 is 0 Å². The summed E-state index contributed by atoms with van der Waals surface area (Å²) in [4.78, 5) is 62.4. The van der Waals surface area contributed by atoms with E-state index >= 15 is 0 Å². The first-order chi connectivity index (χ1) is 38.4. The minimum atomic E-state index is -0.358. The lowest BCUT2D eigenvalue weighted by Crippen LogP contribution is -2.28. The second-order valence-electron chi connectivity index (χ2n) is 20.3. The summed E-state index contributed by atoms with van der Waals surface area (Å²) in [5.41, 5.74) is 9.48. The van der Waals surface area contributed by atoms with Crippen LogP contribution in [0.4, 0.5) is 17.1 Å². The number of anilines is 1. The van der Waals surface area contributed by atoms with Gasteiger partial charge in [0.05, 0.1) is 41.8 Å². The average Bonchev–Trinajstić information content (AvgIpc) is 4.15. The number of nitrogens with one attached hydrogen (secondary N) is 1. The van der Waals surface area contributed by atoms with Gasteiger partial charge in [0.25, 0.3) is 11.1 Å². The van der Waals surface area contributed by atoms with Crippen molar-refractivity contribution in [3.8, 4) is 28.3 Å². The molecular formula is C66H73N7O6. The molecule has 79 heavy (non-hydrogen) atoms. The van der Waals surface area contributed by atoms with Crippen LogP contribution in [-0.4, -0.2) is 56.9 Å². The smallest absolute Gasteiger partial charge is 0.266 e. The zero-order valence-electron chi connectivity index (χ0n) is 46.3. The maximum Gasteiger partial charge on any atom is 0.266 e. The zero-order valence-corrected chi connectivity index (χ0v) is 46.3. The lowest BCUT2D eigenvalue weighted by molar-refractivity contribution is 0.0926. The fourth-order valence-corrected chi connectivity index (χ4v) is 9.91. The number of aromatic nitrogens is 4. The van der Waals surface area contributed by atoms with Crippen LogP contribution in [0.3, 0.4) is 0 Å². The SMILES string of the molecule is [C-]#[N+]c1ccc(NC(=C)c2cc(C(=O)CCCOCCCCCCCCCCCCCOCCCC(=O)c3cc(-c4ccnn4-c4ccc([N+]#[C-])cc4)c(C)n(-c4cccc(C)c4)c3=O)c(=O)n(-c3cccc(C)c3)c2C)cc1. The molecule has 1 N–H and O–H groups in total. The summed E-state index contributed by atoms with van der Waals surface area (Å²) < 4.78 is 16.8. The van der Waals surface area contributed by atoms with E-state index in [4.69, 9.17) is 22.6 Å². The number of aryl methyl sites for hydroxylation is 2. The third kappa shape index (κ3) is 15.9. The molecule has 0 radical (unpaired) electrons. The summed E-state index contributed by atoms with van der Waals surface area (Å²) >= 11 is 0. The van der Waals surface area contributed by atoms with E-state index in [-0.39, 0.29) is 46.7 Å². The highest BCUT2D eigenvalue weighted by molar-refractivity contribution is 5.98. The van der Waals surface area contributed by atoms with Gasteiger partial charge in [0.15, 0.2) is 22.9 Å². The molecule has 3 aromatic heterocycles. The van der Waals surface area contributed by atoms with Crippen LogP contribution in [0.2, 0.25) is 0 Å². The minimum Gasteiger partial charge on any atom is -0.381 e. The Labute approximate surface area is 465 Å². The van der Waals surface area contributed by atoms with Crippen LogP contribution in [0.1, 0.15) is 145 Å². The zero-order chi connectivity index (χ0) is 56.1. The van der Waals surface area contributed by atoms with Crippen LogP contribution in [0, 0.1) is 40.8 Å². The van der Waals surface area contributed by atoms with E-state index in [1.54, 1.807) is 68.5 Å². The molecule has 3 heterocycles. The molecule has 0 aliphatic rings. The number of hydrogen-bond acceptors (Lipinski definition) is 8. The molecule has 0 unspecified atom stereocenters. The van der Waals surface area contributed by atoms with E-state index in [0.717, 1.165) is 59.4 Å². The van der Waals surface area contributed by atoms with Crippen molar-refractivity contribution in [2.75, 3.05) is 31.7 Å². The second kappa shape index (κ2) is 29.5. The Bertz CT molecular complexity index is 3430. The third-order valence-corrected chi connectivity index (χ3v) is 14.2. The van der Waals surface area contributed by atoms with Crippen molar-refractivity contribution in [1.82, 2.24) is 18.9 Å². The molecule has 0 aliphatic heterocycles. The fraction of sp³-hybridized carbons (Fsp3) is 0.348. The Kier molecular flexibility index (Phi) is 21.8. The molecule has 7 aromatic rings. The highest BCUT2D eigenvalue weighted by Crippen LogP contribution is 2.30. The number of rotatable bonds is 31. The van der Waals surface area contributed by atoms with E-state index in [2.05, 4.69) is 26.7 Å². The van der Waals surface area contributed by atoms with Gasteiger partial charge in [0, 0.05) is 84.5 Å². The van der Waals surface area contributed by atoms with Crippen molar-refractivity contribution in [2.24, 2.45) is 0 Å². The van der Waals surface area contributed by atoms with Gasteiger partial charge in [-0.3, -0.25) is 28.3 Å². The lowest BCUT2D eigenvalue weighted by atomic mass is 10.0. The molecule has 0 saturated heterocycles. The van der Waals surface area contributed by atoms with Crippen molar-refractivity contribution in [3.63, 3.8) is 0 Å². The molecule has 0 bridgehead atoms. The topological polar surface area (TPSA) is 135 Å². The van der Waals surface area contributed by atoms with Crippen LogP contribution < -0.4 is 16.4 Å². The number of hydrogen-bond donors (Lipinski definition) is 1. The molecule has 4 aromatic carbocycles. The van der Waals surface area contributed by atoms with E-state index in [0.29, 0.717) is 84.7 Å². The van der Waals surface area contributed by atoms with Gasteiger partial charge < -0.3 is 14.8 Å². The number of benzene rings is 4. The summed E-state index contributed by atoms with van der Waals surface area (Å²) in [6.45, 7) is 28.7. The van der Waals surface area contributed by atoms with Gasteiger partial charge in [0.1, 0.15) is 0 Å². The maximum absolute atomic E-state index is 14.1. The summed E-state index contributed by atoms with van der Waals surface area (Å²) in [6, 6.07) is 34.8. The van der Waals surface area contributed by atoms with Gasteiger partial charge >= 0.3 is 0 Å². The molecule has 13 nitrogen and oxygen atoms in total. The number of carbonyl (C=O) groups is 2. The Balaban J connectivity index is 0.746. The van der Waals surface area contributed by atoms with E-state index < -0.39 is 0 Å². The maximum atomic E-state index is 14.1. The molecular weight excluding hydrogens is 987 g/mol. The van der Waals surface area contributed by atoms with Gasteiger partial charge in [-0.1, -0.05) is 113 Å². The first kappa shape index (κ1) is 58.5. The molecule has 408 valence electrons. The number of unbranched alkanes of at least 4 members (excludes halogenated alkanes) is 10. The van der Waals surface area contributed by atoms with E-state index in [1.165, 1.54) is 44.9 Å². The van der Waals surface area contributed by atoms with Crippen molar-refractivity contribution in [3.05, 3.63) is 211 Å². The van der Waals surface area contributed by atoms with Gasteiger partial charge in [0.2, 0.25) is 0 Å². The van der Waals surface area contributed by atoms with Crippen LogP contribution in [0.25, 0.3) is 43.7 Å². The van der Waals surface area contributed by atoms with Gasteiger partial charge in [-0.2, -0.15) is 5.10 Å². The molecule has 0 fully saturated rings. The summed E-state index contributed by atoms with van der Waals surface area (Å²) in [6.07, 6.45) is 15.7. The lowest BCUT2D eigenvalue weighted by Gasteiger charge is -2.19. The Morgan fingerprint density at radius 3 is 1.48 bits per heavy atom. The summed E-state index contributed by atoms with van der Waals surface area (Å²) in [5.74, 6) is -0.453. The van der Waals surface area contributed by atoms with E-state index in [9.17, 15) is 19.2 Å². The molecule has 13 heteroatoms. The fourth-order valence-electron chi connectivity index (χ4n) is 9.91. The van der Waals surface area contributed by atoms with Gasteiger partial charge in [-0.15, -0.1) is 0 Å². The number of ketones is 2. The molecule has 7 rings (SSSR count). The normalized spacial score (nSPS) is 11.1. The van der Waals surface area contributed by atoms with E-state index in [1.807, 2.05) is 94.4 Å². The van der Waals surface area contributed by atoms with Gasteiger partial charge in [-0.25, -0.2) is 14.4 Å². The van der Waals surface area contributed by atoms with Crippen LogP contribution in [0.5, 0.6) is 0 Å². The first-order valence-electron chi connectivity index (χ1n) is 27.7. The number of pyridine rings is 2. The predicted octanol–water partition coefficient (Wildman–Crippen LogP) is 15.2. The Morgan fingerprint density at radius 1 is 0.532 bits per heavy atom. The van der Waals surface area contributed by atoms with Crippen molar-refractivity contribution >= 4 is 34.3 Å². The summed E-state index contributed by atoms with van der Waals surface area (Å²) in [7, 11) is 0. The Hall–Kier alpha value is -8.23. The number of nitrogens with zero attached hydrogens (tertiary/aromatic N) is 6. The third-order valence-electron chi connectivity index (χ3n) is 14.2. The van der Waals surface area contributed by atoms with Crippen molar-refractivity contribution in [2.45, 2.75) is 124 Å². The molecule has 0 aliphatic carbocycles. The second-order valence-corrected chi connectivity index (χ2v) is 20.3. The van der Waals surface area contributed by atoms with Gasteiger partial charge in [-0.05, 0) is 131 Å². The van der Waals surface area contributed by atoms with Crippen molar-refractivity contribution in [1.29, 1.82) is 0 Å². The molecule has 0 spiro atoms. The Morgan fingerprint density at radius 2 is 0.987 bits per heavy atom. The van der Waals surface area contributed by atoms with Crippen LogP contribution in [0.15, 0.2) is 138 Å². The molecule has 0 saturated carbocycles. The molecule has 0 amide bonds. The predicted molar refractivity (Wildman–Crippen MR) is 317 cm³/mol. The molecule has 0 atom stereocenters.